The van der Waals surface area contributed by atoms with Crippen LogP contribution in [-0.4, -0.2) is 10.9 Å². The molecule has 1 aromatic rings. The van der Waals surface area contributed by atoms with Gasteiger partial charge in [0.2, 0.25) is 5.91 Å². The van der Waals surface area contributed by atoms with Crippen LogP contribution in [0.3, 0.4) is 0 Å². The second-order valence-electron chi connectivity index (χ2n) is 3.62. The third kappa shape index (κ3) is 3.57. The van der Waals surface area contributed by atoms with Crippen LogP contribution in [0.25, 0.3) is 0 Å². The van der Waals surface area contributed by atoms with Gasteiger partial charge in [0.1, 0.15) is 0 Å². The van der Waals surface area contributed by atoms with Gasteiger partial charge in [0, 0.05) is 10.2 Å². The first-order valence-electron chi connectivity index (χ1n) is 4.75. The van der Waals surface area contributed by atoms with Crippen molar-refractivity contribution in [3.8, 4) is 0 Å². The summed E-state index contributed by atoms with van der Waals surface area (Å²) in [6.45, 7) is 3.95. The highest BCUT2D eigenvalue weighted by Crippen LogP contribution is 2.24. The van der Waals surface area contributed by atoms with Gasteiger partial charge in [-0.2, -0.15) is 0 Å². The quantitative estimate of drug-likeness (QED) is 0.844. The number of carbonyl (C=O) groups excluding carboxylic acids is 1. The molecule has 0 aliphatic carbocycles. The number of hydrogen-bond donors (Lipinski definition) is 2. The highest BCUT2D eigenvalue weighted by Gasteiger charge is 2.06. The number of nitrogens with one attached hydrogen (secondary N) is 1. The molecule has 0 aromatic heterocycles. The van der Waals surface area contributed by atoms with Gasteiger partial charge < -0.3 is 11.1 Å². The molecule has 1 aromatic carbocycles. The maximum atomic E-state index is 11.4. The lowest BCUT2D eigenvalue weighted by atomic mass is 10.1. The minimum absolute atomic E-state index is 0.0729. The highest BCUT2D eigenvalue weighted by atomic mass is 79.9. The average Bonchev–Trinajstić information content (AvgIpc) is 2.12. The minimum atomic E-state index is -0.186. The Labute approximate surface area is 109 Å². The zero-order valence-corrected chi connectivity index (χ0v) is 11.5. The largest absolute Gasteiger partial charge is 0.393 e. The average molecular weight is 301 g/mol. The van der Waals surface area contributed by atoms with Crippen molar-refractivity contribution in [2.45, 2.75) is 20.3 Å². The zero-order valence-electron chi connectivity index (χ0n) is 9.13. The van der Waals surface area contributed by atoms with E-state index in [1.54, 1.807) is 0 Å². The fourth-order valence-corrected chi connectivity index (χ4v) is 1.74. The molecule has 3 nitrogen and oxygen atoms in total. The summed E-state index contributed by atoms with van der Waals surface area (Å²) >= 11 is 8.14. The number of carbonyl (C=O) groups is 1. The first-order chi connectivity index (χ1) is 7.40. The molecule has 0 fully saturated rings. The van der Waals surface area contributed by atoms with Gasteiger partial charge in [-0.1, -0.05) is 28.1 Å². The molecule has 0 unspecified atom stereocenters. The fourth-order valence-electron chi connectivity index (χ4n) is 1.38. The van der Waals surface area contributed by atoms with Gasteiger partial charge in [0.15, 0.2) is 0 Å². The van der Waals surface area contributed by atoms with E-state index in [1.165, 1.54) is 0 Å². The summed E-state index contributed by atoms with van der Waals surface area (Å²) in [7, 11) is 0. The molecule has 16 heavy (non-hydrogen) atoms. The van der Waals surface area contributed by atoms with Crippen LogP contribution in [0.15, 0.2) is 16.6 Å². The van der Waals surface area contributed by atoms with Crippen molar-refractivity contribution in [1.29, 1.82) is 0 Å². The molecule has 0 aliphatic rings. The molecule has 0 saturated carbocycles. The predicted octanol–water partition coefficient (Wildman–Crippen LogP) is 2.68. The summed E-state index contributed by atoms with van der Waals surface area (Å²) in [5.74, 6) is -0.186. The topological polar surface area (TPSA) is 55.1 Å². The van der Waals surface area contributed by atoms with Crippen LogP contribution in [0.5, 0.6) is 0 Å². The molecule has 0 aliphatic heterocycles. The number of benzene rings is 1. The van der Waals surface area contributed by atoms with E-state index in [4.69, 9.17) is 5.73 Å². The summed E-state index contributed by atoms with van der Waals surface area (Å²) in [6.07, 6.45) is 0.0729. The number of rotatable bonds is 3. The van der Waals surface area contributed by atoms with Gasteiger partial charge in [0.05, 0.1) is 11.4 Å². The predicted molar refractivity (Wildman–Crippen MR) is 73.6 cm³/mol. The summed E-state index contributed by atoms with van der Waals surface area (Å²) in [6, 6.07) is 3.79. The lowest BCUT2D eigenvalue weighted by Crippen LogP contribution is -2.20. The van der Waals surface area contributed by atoms with Crippen molar-refractivity contribution >= 4 is 44.7 Å². The molecular weight excluding hydrogens is 288 g/mol. The van der Waals surface area contributed by atoms with E-state index in [9.17, 15) is 4.79 Å². The van der Waals surface area contributed by atoms with E-state index in [1.807, 2.05) is 26.0 Å². The molecule has 3 N–H and O–H groups in total. The van der Waals surface area contributed by atoms with Crippen molar-refractivity contribution in [3.63, 3.8) is 0 Å². The summed E-state index contributed by atoms with van der Waals surface area (Å²) in [5, 5.41) is 2.75. The zero-order chi connectivity index (χ0) is 12.3. The van der Waals surface area contributed by atoms with E-state index in [0.717, 1.165) is 21.3 Å². The number of hydrogen-bond acceptors (Lipinski definition) is 2. The van der Waals surface area contributed by atoms with Gasteiger partial charge in [-0.3, -0.25) is 4.79 Å². The van der Waals surface area contributed by atoms with E-state index in [-0.39, 0.29) is 17.3 Å². The second kappa shape index (κ2) is 5.41. The SMILES string of the molecule is Cc1cc(NC(=O)CC(N)=S)cc(C)c1Br. The lowest BCUT2D eigenvalue weighted by molar-refractivity contribution is -0.115. The van der Waals surface area contributed by atoms with Gasteiger partial charge in [-0.05, 0) is 37.1 Å². The first kappa shape index (κ1) is 13.1. The van der Waals surface area contributed by atoms with Gasteiger partial charge in [-0.25, -0.2) is 0 Å². The normalized spacial score (nSPS) is 9.94. The Bertz CT molecular complexity index is 423. The van der Waals surface area contributed by atoms with Crippen LogP contribution < -0.4 is 11.1 Å². The molecule has 86 valence electrons. The molecular formula is C11H13BrN2OS. The molecule has 0 bridgehead atoms. The van der Waals surface area contributed by atoms with Crippen molar-refractivity contribution in [3.05, 3.63) is 27.7 Å². The Kier molecular flexibility index (Phi) is 4.44. The molecule has 0 saturated heterocycles. The maximum Gasteiger partial charge on any atom is 0.231 e. The van der Waals surface area contributed by atoms with Crippen molar-refractivity contribution in [1.82, 2.24) is 0 Å². The highest BCUT2D eigenvalue weighted by molar-refractivity contribution is 9.10. The molecule has 0 atom stereocenters. The standard InChI is InChI=1S/C11H13BrN2OS/c1-6-3-8(4-7(2)11(6)12)14-10(15)5-9(13)16/h3-4H,5H2,1-2H3,(H2,13,16)(H,14,15). The van der Waals surface area contributed by atoms with Gasteiger partial charge in [0.25, 0.3) is 0 Å². The molecule has 0 radical (unpaired) electrons. The smallest absolute Gasteiger partial charge is 0.231 e. The third-order valence-corrected chi connectivity index (χ3v) is 3.45. The Morgan fingerprint density at radius 2 is 1.94 bits per heavy atom. The fraction of sp³-hybridized carbons (Fsp3) is 0.273. The van der Waals surface area contributed by atoms with Crippen LogP contribution in [0.1, 0.15) is 17.5 Å². The first-order valence-corrected chi connectivity index (χ1v) is 5.95. The van der Waals surface area contributed by atoms with Crippen LogP contribution in [0.4, 0.5) is 5.69 Å². The van der Waals surface area contributed by atoms with E-state index in [0.29, 0.717) is 0 Å². The maximum absolute atomic E-state index is 11.4. The Hall–Kier alpha value is -0.940. The van der Waals surface area contributed by atoms with E-state index < -0.39 is 0 Å². The number of thiocarbonyl (C=S) groups is 1. The molecule has 0 heterocycles. The number of nitrogens with two attached hydrogens (primary N) is 1. The lowest BCUT2D eigenvalue weighted by Gasteiger charge is -2.09. The molecule has 1 rings (SSSR count). The summed E-state index contributed by atoms with van der Waals surface area (Å²) in [4.78, 5) is 11.6. The minimum Gasteiger partial charge on any atom is -0.393 e. The summed E-state index contributed by atoms with van der Waals surface area (Å²) < 4.78 is 1.06. The van der Waals surface area contributed by atoms with Gasteiger partial charge >= 0.3 is 0 Å². The number of aryl methyl sites for hydroxylation is 2. The van der Waals surface area contributed by atoms with Crippen molar-refractivity contribution < 1.29 is 4.79 Å². The molecule has 1 amide bonds. The van der Waals surface area contributed by atoms with Crippen molar-refractivity contribution in [2.24, 2.45) is 5.73 Å². The van der Waals surface area contributed by atoms with Crippen LogP contribution in [0.2, 0.25) is 0 Å². The Morgan fingerprint density at radius 1 is 1.44 bits per heavy atom. The number of anilines is 1. The van der Waals surface area contributed by atoms with Gasteiger partial charge in [-0.15, -0.1) is 0 Å². The van der Waals surface area contributed by atoms with E-state index >= 15 is 0 Å². The van der Waals surface area contributed by atoms with Crippen molar-refractivity contribution in [2.75, 3.05) is 5.32 Å². The third-order valence-electron chi connectivity index (χ3n) is 2.05. The molecule has 0 spiro atoms. The molecule has 5 heteroatoms. The van der Waals surface area contributed by atoms with Crippen LogP contribution >= 0.6 is 28.1 Å². The number of halogens is 1. The second-order valence-corrected chi connectivity index (χ2v) is 4.93. The Balaban J connectivity index is 2.82. The summed E-state index contributed by atoms with van der Waals surface area (Å²) in [5.41, 5.74) is 8.21. The van der Waals surface area contributed by atoms with E-state index in [2.05, 4.69) is 33.5 Å². The number of amides is 1. The monoisotopic (exact) mass is 300 g/mol. The van der Waals surface area contributed by atoms with Crippen LogP contribution in [-0.2, 0) is 4.79 Å². The Morgan fingerprint density at radius 3 is 2.38 bits per heavy atom. The van der Waals surface area contributed by atoms with Crippen LogP contribution in [0, 0.1) is 13.8 Å².